The largest absolute Gasteiger partial charge is 0.378 e. The van der Waals surface area contributed by atoms with Gasteiger partial charge in [-0.15, -0.1) is 0 Å². The third-order valence-electron chi connectivity index (χ3n) is 8.45. The van der Waals surface area contributed by atoms with E-state index in [0.29, 0.717) is 57.8 Å². The highest BCUT2D eigenvalue weighted by atomic mass is 16.5. The van der Waals surface area contributed by atoms with Gasteiger partial charge in [0.1, 0.15) is 5.78 Å². The summed E-state index contributed by atoms with van der Waals surface area (Å²) in [6.07, 6.45) is 13.3. The van der Waals surface area contributed by atoms with Crippen LogP contribution in [-0.2, 0) is 28.7 Å². The van der Waals surface area contributed by atoms with Crippen molar-refractivity contribution >= 4 is 23.5 Å². The highest BCUT2D eigenvalue weighted by molar-refractivity contribution is 5.89. The topological polar surface area (TPSA) is 127 Å². The number of nitrogens with zero attached hydrogens (tertiary/aromatic N) is 2. The minimum atomic E-state index is -0.251. The molecule has 0 aromatic carbocycles. The minimum Gasteiger partial charge on any atom is -0.378 e. The molecule has 1 atom stereocenters. The fourth-order valence-corrected chi connectivity index (χ4v) is 5.89. The van der Waals surface area contributed by atoms with Crippen molar-refractivity contribution in [3.63, 3.8) is 0 Å². The van der Waals surface area contributed by atoms with Gasteiger partial charge in [-0.05, 0) is 69.9 Å². The van der Waals surface area contributed by atoms with Gasteiger partial charge in [0.2, 0.25) is 17.7 Å². The third kappa shape index (κ3) is 12.2. The van der Waals surface area contributed by atoms with Gasteiger partial charge in [0, 0.05) is 70.4 Å². The predicted molar refractivity (Wildman–Crippen MR) is 159 cm³/mol. The molecule has 4 rings (SSSR count). The highest BCUT2D eigenvalue weighted by Gasteiger charge is 2.32. The maximum Gasteiger partial charge on any atom is 0.225 e. The Morgan fingerprint density at radius 3 is 2.07 bits per heavy atom. The van der Waals surface area contributed by atoms with Crippen LogP contribution in [0.25, 0.3) is 0 Å². The van der Waals surface area contributed by atoms with Crippen LogP contribution >= 0.6 is 0 Å². The van der Waals surface area contributed by atoms with E-state index in [1.54, 1.807) is 24.3 Å². The first kappa shape index (κ1) is 33.6. The lowest BCUT2D eigenvalue weighted by atomic mass is 9.83. The molecule has 2 N–H and O–H groups in total. The van der Waals surface area contributed by atoms with Gasteiger partial charge in [0.25, 0.3) is 0 Å². The van der Waals surface area contributed by atoms with Gasteiger partial charge >= 0.3 is 0 Å². The summed E-state index contributed by atoms with van der Waals surface area (Å²) in [5, 5.41) is 6.00. The average Bonchev–Trinajstić information content (AvgIpc) is 3.37. The smallest absolute Gasteiger partial charge is 0.225 e. The Hall–Kier alpha value is -2.85. The van der Waals surface area contributed by atoms with Crippen molar-refractivity contribution in [1.82, 2.24) is 20.5 Å². The minimum absolute atomic E-state index is 0.0215. The second-order valence-electron chi connectivity index (χ2n) is 11.7. The molecule has 0 bridgehead atoms. The number of Topliss-reactive ketones (excluding diaryl/α,β-unsaturated/α-hetero) is 1. The standard InChI is InChI=1S/C27H45N3O6.C5H5N/c1-3-24(31)19-6-8-21(9-7-19)29-25(32)5-4-15-35-22-10-12-23(13-11-22)36-16-14-28-27(34)20-17-26(33)30(2)18-20;1-2-4-6-5-3-1/h19-23H,3-18H2,1-2H3,(H,28,34)(H,29,32);1-5H. The number of aromatic nitrogens is 1. The van der Waals surface area contributed by atoms with Crippen molar-refractivity contribution in [2.24, 2.45) is 11.8 Å². The number of carbonyl (C=O) groups excluding carboxylic acids is 4. The summed E-state index contributed by atoms with van der Waals surface area (Å²) in [6.45, 7) is 3.94. The van der Waals surface area contributed by atoms with Crippen LogP contribution in [0.15, 0.2) is 30.6 Å². The zero-order valence-electron chi connectivity index (χ0n) is 25.4. The van der Waals surface area contributed by atoms with Gasteiger partial charge in [0.15, 0.2) is 0 Å². The van der Waals surface area contributed by atoms with Crippen LogP contribution in [0, 0.1) is 11.8 Å². The van der Waals surface area contributed by atoms with Crippen LogP contribution in [0.5, 0.6) is 0 Å². The normalized spacial score (nSPS) is 25.7. The molecule has 10 heteroatoms. The van der Waals surface area contributed by atoms with Crippen molar-refractivity contribution in [2.75, 3.05) is 33.4 Å². The summed E-state index contributed by atoms with van der Waals surface area (Å²) in [5.41, 5.74) is 0. The Bertz CT molecular complexity index is 934. The molecule has 3 aliphatic rings. The highest BCUT2D eigenvalue weighted by Crippen LogP contribution is 2.26. The van der Waals surface area contributed by atoms with Gasteiger partial charge in [-0.1, -0.05) is 13.0 Å². The van der Waals surface area contributed by atoms with Crippen LogP contribution in [-0.4, -0.2) is 85.0 Å². The molecule has 1 aliphatic heterocycles. The molecule has 3 fully saturated rings. The van der Waals surface area contributed by atoms with Crippen molar-refractivity contribution in [3.05, 3.63) is 30.6 Å². The van der Waals surface area contributed by atoms with Crippen LogP contribution in [0.1, 0.15) is 84.0 Å². The summed E-state index contributed by atoms with van der Waals surface area (Å²) in [7, 11) is 1.72. The lowest BCUT2D eigenvalue weighted by Gasteiger charge is -2.29. The summed E-state index contributed by atoms with van der Waals surface area (Å²) in [5.74, 6) is 0.327. The number of nitrogens with one attached hydrogen (secondary N) is 2. The maximum absolute atomic E-state index is 12.3. The zero-order valence-corrected chi connectivity index (χ0v) is 25.4. The molecule has 2 heterocycles. The van der Waals surface area contributed by atoms with Gasteiger partial charge < -0.3 is 25.0 Å². The molecule has 234 valence electrons. The third-order valence-corrected chi connectivity index (χ3v) is 8.45. The molecule has 10 nitrogen and oxygen atoms in total. The zero-order chi connectivity index (χ0) is 30.2. The Labute approximate surface area is 250 Å². The summed E-state index contributed by atoms with van der Waals surface area (Å²) < 4.78 is 11.9. The fraction of sp³-hybridized carbons (Fsp3) is 0.719. The second kappa shape index (κ2) is 18.6. The second-order valence-corrected chi connectivity index (χ2v) is 11.7. The molecule has 3 amide bonds. The van der Waals surface area contributed by atoms with E-state index in [2.05, 4.69) is 15.6 Å². The van der Waals surface area contributed by atoms with E-state index in [9.17, 15) is 19.2 Å². The maximum atomic E-state index is 12.3. The number of carbonyl (C=O) groups is 4. The summed E-state index contributed by atoms with van der Waals surface area (Å²) in [6, 6.07) is 5.92. The van der Waals surface area contributed by atoms with Crippen molar-refractivity contribution in [3.8, 4) is 0 Å². The van der Waals surface area contributed by atoms with Crippen molar-refractivity contribution in [1.29, 1.82) is 0 Å². The molecule has 0 spiro atoms. The molecule has 1 saturated heterocycles. The Balaban J connectivity index is 0.000000715. The fourth-order valence-electron chi connectivity index (χ4n) is 5.89. The number of rotatable bonds is 13. The van der Waals surface area contributed by atoms with E-state index in [-0.39, 0.29) is 47.8 Å². The number of ketones is 1. The summed E-state index contributed by atoms with van der Waals surface area (Å²) >= 11 is 0. The van der Waals surface area contributed by atoms with Gasteiger partial charge in [-0.2, -0.15) is 0 Å². The first-order valence-corrected chi connectivity index (χ1v) is 15.8. The lowest BCUT2D eigenvalue weighted by Crippen LogP contribution is -2.38. The van der Waals surface area contributed by atoms with Gasteiger partial charge in [-0.3, -0.25) is 24.2 Å². The monoisotopic (exact) mass is 586 g/mol. The van der Waals surface area contributed by atoms with E-state index in [1.165, 1.54) is 0 Å². The SMILES string of the molecule is CCC(=O)C1CCC(NC(=O)CCCOC2CCC(OCCNC(=O)C3CC(=O)N(C)C3)CC2)CC1.c1ccncc1. The van der Waals surface area contributed by atoms with E-state index in [0.717, 1.165) is 51.4 Å². The average molecular weight is 587 g/mol. The molecule has 2 saturated carbocycles. The predicted octanol–water partition coefficient (Wildman–Crippen LogP) is 3.44. The molecule has 1 aromatic rings. The van der Waals surface area contributed by atoms with E-state index < -0.39 is 0 Å². The number of hydrogen-bond donors (Lipinski definition) is 2. The first-order valence-electron chi connectivity index (χ1n) is 15.8. The molecule has 1 unspecified atom stereocenters. The number of amides is 3. The van der Waals surface area contributed by atoms with Gasteiger partial charge in [0.05, 0.1) is 24.7 Å². The van der Waals surface area contributed by atoms with Crippen LogP contribution < -0.4 is 10.6 Å². The number of ether oxygens (including phenoxy) is 2. The van der Waals surface area contributed by atoms with Crippen LogP contribution in [0.2, 0.25) is 0 Å². The Kier molecular flexibility index (Phi) is 14.9. The van der Waals surface area contributed by atoms with Crippen LogP contribution in [0.3, 0.4) is 0 Å². The van der Waals surface area contributed by atoms with Crippen LogP contribution in [0.4, 0.5) is 0 Å². The number of likely N-dealkylation sites (tertiary alicyclic amines) is 1. The molecular weight excluding hydrogens is 536 g/mol. The van der Waals surface area contributed by atoms with Crippen molar-refractivity contribution < 1.29 is 28.7 Å². The Morgan fingerprint density at radius 1 is 0.905 bits per heavy atom. The summed E-state index contributed by atoms with van der Waals surface area (Å²) in [4.78, 5) is 53.2. The van der Waals surface area contributed by atoms with E-state index >= 15 is 0 Å². The molecule has 0 radical (unpaired) electrons. The molecule has 42 heavy (non-hydrogen) atoms. The molecular formula is C32H50N4O6. The Morgan fingerprint density at radius 2 is 1.55 bits per heavy atom. The lowest BCUT2D eigenvalue weighted by molar-refractivity contribution is -0.128. The number of pyridine rings is 1. The number of hydrogen-bond acceptors (Lipinski definition) is 7. The van der Waals surface area contributed by atoms with Crippen molar-refractivity contribution in [2.45, 2.75) is 102 Å². The molecule has 2 aliphatic carbocycles. The quantitative estimate of drug-likeness (QED) is 0.339. The van der Waals surface area contributed by atoms with E-state index in [1.807, 2.05) is 25.1 Å². The first-order chi connectivity index (χ1) is 20.4. The van der Waals surface area contributed by atoms with E-state index in [4.69, 9.17) is 9.47 Å². The molecule has 1 aromatic heterocycles. The van der Waals surface area contributed by atoms with Gasteiger partial charge in [-0.25, -0.2) is 0 Å².